The van der Waals surface area contributed by atoms with Gasteiger partial charge < -0.3 is 29.7 Å². The lowest BCUT2D eigenvalue weighted by atomic mass is 9.59. The molecule has 1 aliphatic heterocycles. The Labute approximate surface area is 196 Å². The largest absolute Gasteiger partial charge is 0.382 e. The van der Waals surface area contributed by atoms with Crippen LogP contribution in [-0.2, 0) is 23.9 Å². The van der Waals surface area contributed by atoms with Crippen LogP contribution in [0.3, 0.4) is 0 Å². The molecule has 0 spiro atoms. The molecule has 11 heteroatoms. The zero-order valence-electron chi connectivity index (χ0n) is 18.3. The van der Waals surface area contributed by atoms with Gasteiger partial charge in [0, 0.05) is 16.1 Å². The number of hydrogen-bond donors (Lipinski definition) is 4. The zero-order valence-corrected chi connectivity index (χ0v) is 19.9. The van der Waals surface area contributed by atoms with Gasteiger partial charge in [-0.25, -0.2) is 0 Å². The van der Waals surface area contributed by atoms with Gasteiger partial charge in [-0.2, -0.15) is 0 Å². The molecule has 0 saturated carbocycles. The van der Waals surface area contributed by atoms with Crippen molar-refractivity contribution < 1.29 is 44.3 Å². The van der Waals surface area contributed by atoms with E-state index in [2.05, 4.69) is 15.9 Å². The minimum atomic E-state index is -3.48. The predicted molar refractivity (Wildman–Crippen MR) is 117 cm³/mol. The van der Waals surface area contributed by atoms with Crippen LogP contribution in [0.25, 0.3) is 10.9 Å². The van der Waals surface area contributed by atoms with Crippen LogP contribution < -0.4 is 0 Å². The first kappa shape index (κ1) is 25.3. The molecule has 1 aliphatic rings. The second-order valence-electron chi connectivity index (χ2n) is 8.27. The lowest BCUT2D eigenvalue weighted by Gasteiger charge is -2.58. The van der Waals surface area contributed by atoms with Crippen LogP contribution in [0.4, 0.5) is 0 Å². The first-order chi connectivity index (χ1) is 15.2. The van der Waals surface area contributed by atoms with E-state index in [1.54, 1.807) is 24.3 Å². The monoisotopic (exact) mass is 525 g/mol. The van der Waals surface area contributed by atoms with Crippen LogP contribution in [0.1, 0.15) is 33.9 Å². The van der Waals surface area contributed by atoms with Crippen LogP contribution in [0.5, 0.6) is 0 Å². The first-order valence-corrected chi connectivity index (χ1v) is 10.8. The van der Waals surface area contributed by atoms with Gasteiger partial charge in [0.2, 0.25) is 11.2 Å². The Morgan fingerprint density at radius 1 is 0.970 bits per heavy atom. The molecule has 1 saturated heterocycles. The zero-order chi connectivity index (χ0) is 25.1. The van der Waals surface area contributed by atoms with Crippen LogP contribution in [0.15, 0.2) is 34.9 Å². The van der Waals surface area contributed by atoms with Crippen molar-refractivity contribution in [3.05, 3.63) is 34.9 Å². The van der Waals surface area contributed by atoms with E-state index >= 15 is 0 Å². The summed E-state index contributed by atoms with van der Waals surface area (Å²) in [4.78, 5) is 50.3. The van der Waals surface area contributed by atoms with Gasteiger partial charge in [0.05, 0.1) is 5.52 Å². The Balaban J connectivity index is 2.44. The summed E-state index contributed by atoms with van der Waals surface area (Å²) in [5.74, 6) is -4.79. The summed E-state index contributed by atoms with van der Waals surface area (Å²) < 4.78 is 7.58. The number of aromatic nitrogens is 1. The maximum Gasteiger partial charge on any atom is 0.207 e. The third-order valence-corrected chi connectivity index (χ3v) is 7.09. The summed E-state index contributed by atoms with van der Waals surface area (Å²) in [6.07, 6.45) is -4.91. The average molecular weight is 526 g/mol. The van der Waals surface area contributed by atoms with E-state index in [-0.39, 0.29) is 0 Å². The fraction of sp³-hybridized carbons (Fsp3) is 0.455. The number of carbonyl (C=O) groups is 4. The lowest BCUT2D eigenvalue weighted by Crippen LogP contribution is -2.85. The summed E-state index contributed by atoms with van der Waals surface area (Å²) >= 11 is 3.37. The van der Waals surface area contributed by atoms with Crippen molar-refractivity contribution in [3.8, 4) is 0 Å². The fourth-order valence-corrected chi connectivity index (χ4v) is 5.06. The molecule has 10 nitrogen and oxygen atoms in total. The minimum absolute atomic E-state index is 0.379. The second-order valence-corrected chi connectivity index (χ2v) is 9.13. The molecule has 33 heavy (non-hydrogen) atoms. The molecule has 1 aromatic carbocycles. The molecular formula is C22H24BrNO9. The maximum atomic E-state index is 12.9. The number of ether oxygens (including phenoxy) is 1. The van der Waals surface area contributed by atoms with Crippen molar-refractivity contribution >= 4 is 50.0 Å². The number of carbonyl (C=O) groups excluding carboxylic acids is 4. The number of aliphatic hydroxyl groups excluding tert-OH is 1. The standard InChI is InChI=1S/C22H24BrNO9/c1-10(25)17(29)18-20(30,11(2)26)22(32,13(4)28)21(31,12(3)27)19(33-18)24-9-8-14-15(23)6-5-7-16(14)24/h5-9,17-19,29-32H,1-4H3/t17?,18-,19-,20-,21+,22+/m1/s1. The Morgan fingerprint density at radius 2 is 1.55 bits per heavy atom. The number of Topliss-reactive ketones (excluding diaryl/α,β-unsaturated/α-hetero) is 4. The molecule has 1 unspecified atom stereocenters. The van der Waals surface area contributed by atoms with Gasteiger partial charge in [0.25, 0.3) is 0 Å². The molecule has 0 bridgehead atoms. The number of hydrogen-bond acceptors (Lipinski definition) is 9. The highest BCUT2D eigenvalue weighted by molar-refractivity contribution is 9.10. The normalized spacial score (nSPS) is 33.0. The minimum Gasteiger partial charge on any atom is -0.382 e. The molecule has 0 radical (unpaired) electrons. The summed E-state index contributed by atoms with van der Waals surface area (Å²) in [5.41, 5.74) is -9.64. The molecule has 4 N–H and O–H groups in total. The summed E-state index contributed by atoms with van der Waals surface area (Å²) in [5, 5.41) is 45.8. The Morgan fingerprint density at radius 3 is 2.03 bits per heavy atom. The number of nitrogens with zero attached hydrogens (tertiary/aromatic N) is 1. The fourth-order valence-electron chi connectivity index (χ4n) is 4.57. The number of aliphatic hydroxyl groups is 4. The van der Waals surface area contributed by atoms with E-state index in [0.717, 1.165) is 27.7 Å². The van der Waals surface area contributed by atoms with Crippen molar-refractivity contribution in [2.75, 3.05) is 0 Å². The third-order valence-electron chi connectivity index (χ3n) is 6.40. The van der Waals surface area contributed by atoms with Crippen molar-refractivity contribution in [1.82, 2.24) is 4.57 Å². The van der Waals surface area contributed by atoms with Gasteiger partial charge in [-0.05, 0) is 45.9 Å². The molecule has 1 aromatic heterocycles. The molecular weight excluding hydrogens is 502 g/mol. The summed E-state index contributed by atoms with van der Waals surface area (Å²) in [7, 11) is 0. The Bertz CT molecular complexity index is 1180. The van der Waals surface area contributed by atoms with Gasteiger partial charge in [-0.3, -0.25) is 19.2 Å². The van der Waals surface area contributed by atoms with Crippen LogP contribution in [0, 0.1) is 0 Å². The van der Waals surface area contributed by atoms with Gasteiger partial charge in [-0.15, -0.1) is 0 Å². The second kappa shape index (κ2) is 8.19. The van der Waals surface area contributed by atoms with Crippen molar-refractivity contribution in [2.24, 2.45) is 0 Å². The average Bonchev–Trinajstić information content (AvgIpc) is 3.16. The van der Waals surface area contributed by atoms with Gasteiger partial charge in [-0.1, -0.05) is 22.0 Å². The van der Waals surface area contributed by atoms with E-state index in [4.69, 9.17) is 4.74 Å². The predicted octanol–water partition coefficient (Wildman–Crippen LogP) is 0.211. The number of rotatable bonds is 6. The van der Waals surface area contributed by atoms with E-state index in [1.165, 1.54) is 10.8 Å². The van der Waals surface area contributed by atoms with E-state index in [1.807, 2.05) is 0 Å². The molecule has 6 atom stereocenters. The molecule has 2 heterocycles. The van der Waals surface area contributed by atoms with Crippen molar-refractivity contribution in [2.45, 2.75) is 62.9 Å². The number of benzene rings is 1. The molecule has 0 amide bonds. The number of ketones is 4. The van der Waals surface area contributed by atoms with Crippen LogP contribution in [-0.4, -0.2) is 77.1 Å². The highest BCUT2D eigenvalue weighted by atomic mass is 79.9. The SMILES string of the molecule is CC(=O)C(O)[C@H]1O[C@@H](n2ccc3c(Br)cccc32)[C@@](O)(C(C)=O)[C@](O)(C(C)=O)[C@@]1(O)C(C)=O. The lowest BCUT2D eigenvalue weighted by molar-refractivity contribution is -0.341. The molecule has 178 valence electrons. The number of fused-ring (bicyclic) bond motifs is 1. The third kappa shape index (κ3) is 3.18. The Kier molecular flexibility index (Phi) is 6.29. The number of halogens is 1. The molecule has 0 aliphatic carbocycles. The van der Waals surface area contributed by atoms with Crippen molar-refractivity contribution in [1.29, 1.82) is 0 Å². The topological polar surface area (TPSA) is 163 Å². The molecule has 2 aromatic rings. The molecule has 3 rings (SSSR count). The first-order valence-electron chi connectivity index (χ1n) is 9.96. The van der Waals surface area contributed by atoms with Gasteiger partial charge in [0.15, 0.2) is 35.0 Å². The quantitative estimate of drug-likeness (QED) is 0.412. The smallest absolute Gasteiger partial charge is 0.207 e. The van der Waals surface area contributed by atoms with E-state index < -0.39 is 58.4 Å². The highest BCUT2D eigenvalue weighted by Crippen LogP contribution is 2.51. The maximum absolute atomic E-state index is 12.9. The Hall–Kier alpha value is -2.28. The highest BCUT2D eigenvalue weighted by Gasteiger charge is 2.79. The van der Waals surface area contributed by atoms with E-state index in [9.17, 15) is 39.6 Å². The van der Waals surface area contributed by atoms with Crippen LogP contribution in [0.2, 0.25) is 0 Å². The van der Waals surface area contributed by atoms with Gasteiger partial charge in [0.1, 0.15) is 12.2 Å². The summed E-state index contributed by atoms with van der Waals surface area (Å²) in [6, 6.07) is 6.56. The van der Waals surface area contributed by atoms with Crippen LogP contribution >= 0.6 is 15.9 Å². The van der Waals surface area contributed by atoms with Crippen molar-refractivity contribution in [3.63, 3.8) is 0 Å². The van der Waals surface area contributed by atoms with E-state index in [0.29, 0.717) is 15.4 Å². The van der Waals surface area contributed by atoms with Gasteiger partial charge >= 0.3 is 0 Å². The molecule has 1 fully saturated rings. The summed E-state index contributed by atoms with van der Waals surface area (Å²) in [6.45, 7) is 3.35.